The van der Waals surface area contributed by atoms with Gasteiger partial charge in [0.25, 0.3) is 0 Å². The Morgan fingerprint density at radius 2 is 1.72 bits per heavy atom. The monoisotopic (exact) mass is 410 g/mol. The summed E-state index contributed by atoms with van der Waals surface area (Å²) in [5, 5.41) is 6.58. The van der Waals surface area contributed by atoms with Gasteiger partial charge in [-0.25, -0.2) is 4.98 Å². The number of hydrogen-bond acceptors (Lipinski definition) is 5. The molecule has 0 saturated heterocycles. The molecule has 1 aromatic rings. The van der Waals surface area contributed by atoms with E-state index in [0.717, 1.165) is 30.0 Å². The lowest BCUT2D eigenvalue weighted by atomic mass is 10.2. The van der Waals surface area contributed by atoms with Crippen LogP contribution in [0.5, 0.6) is 0 Å². The van der Waals surface area contributed by atoms with Crippen molar-refractivity contribution in [1.82, 2.24) is 15.6 Å². The van der Waals surface area contributed by atoms with Crippen molar-refractivity contribution in [3.05, 3.63) is 24.4 Å². The van der Waals surface area contributed by atoms with Gasteiger partial charge in [-0.05, 0) is 25.0 Å². The van der Waals surface area contributed by atoms with Crippen LogP contribution in [0.25, 0.3) is 0 Å². The molecule has 9 heteroatoms. The number of pyridine rings is 1. The SMILES string of the molecule is Cl.Cl.NCCNC(=O)CCCCCNC(=O)CCSc1ccccn1. The molecule has 0 aliphatic heterocycles. The van der Waals surface area contributed by atoms with Gasteiger partial charge in [-0.1, -0.05) is 12.5 Å². The van der Waals surface area contributed by atoms with Gasteiger partial charge in [-0.2, -0.15) is 0 Å². The van der Waals surface area contributed by atoms with Gasteiger partial charge in [-0.15, -0.1) is 36.6 Å². The van der Waals surface area contributed by atoms with E-state index in [0.29, 0.717) is 32.5 Å². The molecular formula is C16H28Cl2N4O2S. The predicted octanol–water partition coefficient (Wildman–Crippen LogP) is 2.16. The molecule has 1 aromatic heterocycles. The Morgan fingerprint density at radius 1 is 1.00 bits per heavy atom. The van der Waals surface area contributed by atoms with Crippen LogP contribution in [0.15, 0.2) is 29.4 Å². The minimum absolute atomic E-state index is 0. The molecule has 0 aromatic carbocycles. The highest BCUT2D eigenvalue weighted by molar-refractivity contribution is 7.99. The zero-order valence-corrected chi connectivity index (χ0v) is 16.7. The largest absolute Gasteiger partial charge is 0.356 e. The Morgan fingerprint density at radius 3 is 2.40 bits per heavy atom. The summed E-state index contributed by atoms with van der Waals surface area (Å²) in [5.41, 5.74) is 5.31. The van der Waals surface area contributed by atoms with E-state index in [4.69, 9.17) is 5.73 Å². The minimum Gasteiger partial charge on any atom is -0.356 e. The minimum atomic E-state index is 0. The molecule has 1 heterocycles. The van der Waals surface area contributed by atoms with Crippen LogP contribution in [0.4, 0.5) is 0 Å². The molecular weight excluding hydrogens is 383 g/mol. The number of carbonyl (C=O) groups excluding carboxylic acids is 2. The van der Waals surface area contributed by atoms with Crippen LogP contribution in [0.1, 0.15) is 32.1 Å². The first-order valence-corrected chi connectivity index (χ1v) is 8.98. The van der Waals surface area contributed by atoms with E-state index in [1.165, 1.54) is 0 Å². The quantitative estimate of drug-likeness (QED) is 0.362. The molecule has 6 nitrogen and oxygen atoms in total. The Balaban J connectivity index is 0. The summed E-state index contributed by atoms with van der Waals surface area (Å²) in [6.45, 7) is 1.67. The fourth-order valence-corrected chi connectivity index (χ4v) is 2.69. The number of nitrogens with one attached hydrogen (secondary N) is 2. The number of rotatable bonds is 12. The van der Waals surface area contributed by atoms with E-state index in [1.54, 1.807) is 18.0 Å². The van der Waals surface area contributed by atoms with Crippen molar-refractivity contribution in [2.24, 2.45) is 5.73 Å². The summed E-state index contributed by atoms with van der Waals surface area (Å²) in [4.78, 5) is 27.2. The van der Waals surface area contributed by atoms with Crippen molar-refractivity contribution < 1.29 is 9.59 Å². The third-order valence-electron chi connectivity index (χ3n) is 3.09. The second-order valence-electron chi connectivity index (χ2n) is 5.07. The molecule has 0 atom stereocenters. The lowest BCUT2D eigenvalue weighted by Crippen LogP contribution is -2.28. The first-order valence-electron chi connectivity index (χ1n) is 7.99. The van der Waals surface area contributed by atoms with E-state index in [1.807, 2.05) is 18.2 Å². The fourth-order valence-electron chi connectivity index (χ4n) is 1.88. The van der Waals surface area contributed by atoms with E-state index in [9.17, 15) is 9.59 Å². The van der Waals surface area contributed by atoms with Gasteiger partial charge >= 0.3 is 0 Å². The molecule has 0 spiro atoms. The molecule has 144 valence electrons. The van der Waals surface area contributed by atoms with Crippen LogP contribution in [0.2, 0.25) is 0 Å². The number of nitrogens with zero attached hydrogens (tertiary/aromatic N) is 1. The summed E-state index contributed by atoms with van der Waals surface area (Å²) >= 11 is 1.58. The van der Waals surface area contributed by atoms with Gasteiger partial charge < -0.3 is 16.4 Å². The maximum atomic E-state index is 11.7. The van der Waals surface area contributed by atoms with Gasteiger partial charge in [0.2, 0.25) is 11.8 Å². The van der Waals surface area contributed by atoms with Crippen molar-refractivity contribution in [2.45, 2.75) is 37.1 Å². The highest BCUT2D eigenvalue weighted by atomic mass is 35.5. The van der Waals surface area contributed by atoms with E-state index >= 15 is 0 Å². The van der Waals surface area contributed by atoms with E-state index in [2.05, 4.69) is 15.6 Å². The van der Waals surface area contributed by atoms with Crippen LogP contribution in [0, 0.1) is 0 Å². The number of aromatic nitrogens is 1. The van der Waals surface area contributed by atoms with Crippen molar-refractivity contribution in [1.29, 1.82) is 0 Å². The first-order chi connectivity index (χ1) is 11.2. The first kappa shape index (κ1) is 26.2. The lowest BCUT2D eigenvalue weighted by Gasteiger charge is -2.06. The summed E-state index contributed by atoms with van der Waals surface area (Å²) in [6.07, 6.45) is 5.42. The summed E-state index contributed by atoms with van der Waals surface area (Å²) < 4.78 is 0. The van der Waals surface area contributed by atoms with E-state index < -0.39 is 0 Å². The third-order valence-corrected chi connectivity index (χ3v) is 4.03. The zero-order valence-electron chi connectivity index (χ0n) is 14.2. The van der Waals surface area contributed by atoms with E-state index in [-0.39, 0.29) is 36.6 Å². The fraction of sp³-hybridized carbons (Fsp3) is 0.562. The number of unbranched alkanes of at least 4 members (excludes halogenated alkanes) is 2. The van der Waals surface area contributed by atoms with Crippen molar-refractivity contribution >= 4 is 48.4 Å². The Bertz CT molecular complexity index is 467. The predicted molar refractivity (Wildman–Crippen MR) is 108 cm³/mol. The van der Waals surface area contributed by atoms with Gasteiger partial charge in [0.1, 0.15) is 0 Å². The highest BCUT2D eigenvalue weighted by Crippen LogP contribution is 2.14. The molecule has 0 bridgehead atoms. The smallest absolute Gasteiger partial charge is 0.220 e. The molecule has 1 rings (SSSR count). The average molecular weight is 411 g/mol. The average Bonchev–Trinajstić information content (AvgIpc) is 2.57. The molecule has 0 unspecified atom stereocenters. The topological polar surface area (TPSA) is 97.1 Å². The second-order valence-corrected chi connectivity index (χ2v) is 6.18. The summed E-state index contributed by atoms with van der Waals surface area (Å²) in [7, 11) is 0. The summed E-state index contributed by atoms with van der Waals surface area (Å²) in [6, 6.07) is 5.75. The van der Waals surface area contributed by atoms with Crippen LogP contribution >= 0.6 is 36.6 Å². The maximum Gasteiger partial charge on any atom is 0.220 e. The normalized spacial score (nSPS) is 9.48. The Hall–Kier alpha value is -1.02. The van der Waals surface area contributed by atoms with Gasteiger partial charge in [0.15, 0.2) is 0 Å². The highest BCUT2D eigenvalue weighted by Gasteiger charge is 2.03. The van der Waals surface area contributed by atoms with Crippen LogP contribution in [-0.2, 0) is 9.59 Å². The maximum absolute atomic E-state index is 11.7. The molecule has 2 amide bonds. The van der Waals surface area contributed by atoms with Gasteiger partial charge in [0.05, 0.1) is 5.03 Å². The van der Waals surface area contributed by atoms with Crippen LogP contribution in [-0.4, -0.2) is 42.2 Å². The zero-order chi connectivity index (χ0) is 16.8. The molecule has 0 aliphatic carbocycles. The number of carbonyl (C=O) groups is 2. The molecule has 0 aliphatic rings. The van der Waals surface area contributed by atoms with Gasteiger partial charge in [0, 0.05) is 44.4 Å². The Kier molecular flexibility index (Phi) is 18.7. The molecule has 0 radical (unpaired) electrons. The van der Waals surface area contributed by atoms with Crippen molar-refractivity contribution in [2.75, 3.05) is 25.4 Å². The lowest BCUT2D eigenvalue weighted by molar-refractivity contribution is -0.122. The molecule has 4 N–H and O–H groups in total. The van der Waals surface area contributed by atoms with Gasteiger partial charge in [-0.3, -0.25) is 9.59 Å². The number of halogens is 2. The molecule has 25 heavy (non-hydrogen) atoms. The number of nitrogens with two attached hydrogens (primary N) is 1. The van der Waals surface area contributed by atoms with Crippen molar-refractivity contribution in [3.63, 3.8) is 0 Å². The number of hydrogen-bond donors (Lipinski definition) is 3. The number of amides is 2. The Labute approximate surface area is 166 Å². The number of thioether (sulfide) groups is 1. The van der Waals surface area contributed by atoms with Crippen LogP contribution < -0.4 is 16.4 Å². The summed E-state index contributed by atoms with van der Waals surface area (Å²) in [5.74, 6) is 0.838. The van der Waals surface area contributed by atoms with Crippen molar-refractivity contribution in [3.8, 4) is 0 Å². The van der Waals surface area contributed by atoms with Crippen LogP contribution in [0.3, 0.4) is 0 Å². The second kappa shape index (κ2) is 17.8. The standard InChI is InChI=1S/C16H26N4O2S.2ClH/c17-9-12-19-14(21)6-2-1-4-10-18-15(22)8-13-23-16-7-3-5-11-20-16;;/h3,5,7,11H,1-2,4,6,8-10,12-13,17H2,(H,18,22)(H,19,21);2*1H. The third kappa shape index (κ3) is 15.0. The molecule has 0 saturated carbocycles. The molecule has 0 fully saturated rings.